The minimum Gasteiger partial charge on any atom is -0.459 e. The molecule has 1 saturated heterocycles. The Morgan fingerprint density at radius 1 is 1.26 bits per heavy atom. The molecule has 2 aromatic heterocycles. The Labute approximate surface area is 138 Å². The molecule has 0 N–H and O–H groups in total. The van der Waals surface area contributed by atoms with Crippen LogP contribution >= 0.6 is 11.8 Å². The van der Waals surface area contributed by atoms with Gasteiger partial charge in [0.05, 0.1) is 23.7 Å². The summed E-state index contributed by atoms with van der Waals surface area (Å²) in [6.45, 7) is 1.24. The van der Waals surface area contributed by atoms with E-state index in [9.17, 15) is 4.79 Å². The van der Waals surface area contributed by atoms with Crippen LogP contribution in [0.2, 0.25) is 0 Å². The average Bonchev–Trinajstić information content (AvgIpc) is 2.62. The summed E-state index contributed by atoms with van der Waals surface area (Å²) in [5.74, 6) is -0.0836. The Balaban J connectivity index is 1.55. The fourth-order valence-corrected chi connectivity index (χ4v) is 2.83. The maximum Gasteiger partial charge on any atom is 0.316 e. The minimum absolute atomic E-state index is 0.127. The molecular weight excluding hydrogens is 314 g/mol. The van der Waals surface area contributed by atoms with E-state index in [1.54, 1.807) is 18.5 Å². The fourth-order valence-electron chi connectivity index (χ4n) is 2.21. The van der Waals surface area contributed by atoms with Gasteiger partial charge in [0.25, 0.3) is 0 Å². The minimum atomic E-state index is -0.266. The highest BCUT2D eigenvalue weighted by molar-refractivity contribution is 7.99. The SMILES string of the molecule is O=C(CSc1nccc(-c2ccccn2)n1)OC1CCCOC1. The number of esters is 1. The second kappa shape index (κ2) is 8.03. The molecule has 1 atom stereocenters. The topological polar surface area (TPSA) is 74.2 Å². The monoisotopic (exact) mass is 331 g/mol. The van der Waals surface area contributed by atoms with Crippen molar-refractivity contribution in [1.29, 1.82) is 0 Å². The molecule has 6 nitrogen and oxygen atoms in total. The first kappa shape index (κ1) is 15.9. The molecule has 0 bridgehead atoms. The quantitative estimate of drug-likeness (QED) is 0.473. The van der Waals surface area contributed by atoms with Crippen LogP contribution in [0.5, 0.6) is 0 Å². The first-order chi connectivity index (χ1) is 11.3. The zero-order valence-electron chi connectivity index (χ0n) is 12.6. The van der Waals surface area contributed by atoms with Gasteiger partial charge in [0.2, 0.25) is 0 Å². The predicted octanol–water partition coefficient (Wildman–Crippen LogP) is 2.35. The molecule has 3 rings (SSSR count). The van der Waals surface area contributed by atoms with Crippen molar-refractivity contribution in [1.82, 2.24) is 15.0 Å². The Kier molecular flexibility index (Phi) is 5.55. The van der Waals surface area contributed by atoms with Crippen molar-refractivity contribution in [2.75, 3.05) is 19.0 Å². The van der Waals surface area contributed by atoms with Crippen LogP contribution in [-0.4, -0.2) is 46.0 Å². The van der Waals surface area contributed by atoms with Crippen LogP contribution in [-0.2, 0) is 14.3 Å². The summed E-state index contributed by atoms with van der Waals surface area (Å²) in [5, 5.41) is 0.532. The van der Waals surface area contributed by atoms with E-state index in [1.807, 2.05) is 18.2 Å². The maximum absolute atomic E-state index is 11.9. The second-order valence-electron chi connectivity index (χ2n) is 5.06. The van der Waals surface area contributed by atoms with E-state index in [1.165, 1.54) is 11.8 Å². The summed E-state index contributed by atoms with van der Waals surface area (Å²) in [7, 11) is 0. The smallest absolute Gasteiger partial charge is 0.316 e. The van der Waals surface area contributed by atoms with E-state index in [0.717, 1.165) is 30.8 Å². The van der Waals surface area contributed by atoms with Crippen LogP contribution in [0.1, 0.15) is 12.8 Å². The highest BCUT2D eigenvalue weighted by atomic mass is 32.2. The lowest BCUT2D eigenvalue weighted by atomic mass is 10.2. The van der Waals surface area contributed by atoms with Crippen molar-refractivity contribution in [3.8, 4) is 11.4 Å². The number of aromatic nitrogens is 3. The van der Waals surface area contributed by atoms with Crippen molar-refractivity contribution in [3.63, 3.8) is 0 Å². The summed E-state index contributed by atoms with van der Waals surface area (Å²) in [4.78, 5) is 24.7. The molecular formula is C16H17N3O3S. The molecule has 0 spiro atoms. The van der Waals surface area contributed by atoms with E-state index in [0.29, 0.717) is 11.8 Å². The summed E-state index contributed by atoms with van der Waals surface area (Å²) in [5.41, 5.74) is 1.51. The number of thioether (sulfide) groups is 1. The molecule has 0 saturated carbocycles. The first-order valence-electron chi connectivity index (χ1n) is 7.46. The molecule has 1 aliphatic heterocycles. The van der Waals surface area contributed by atoms with Gasteiger partial charge in [-0.1, -0.05) is 17.8 Å². The zero-order valence-corrected chi connectivity index (χ0v) is 13.4. The molecule has 7 heteroatoms. The first-order valence-corrected chi connectivity index (χ1v) is 8.44. The summed E-state index contributed by atoms with van der Waals surface area (Å²) in [6.07, 6.45) is 5.05. The van der Waals surface area contributed by atoms with Crippen molar-refractivity contribution in [2.45, 2.75) is 24.1 Å². The van der Waals surface area contributed by atoms with Gasteiger partial charge in [-0.25, -0.2) is 9.97 Å². The average molecular weight is 331 g/mol. The van der Waals surface area contributed by atoms with Crippen molar-refractivity contribution in [3.05, 3.63) is 36.7 Å². The lowest BCUT2D eigenvalue weighted by Gasteiger charge is -2.21. The predicted molar refractivity (Wildman–Crippen MR) is 85.9 cm³/mol. The van der Waals surface area contributed by atoms with Crippen LogP contribution in [0.25, 0.3) is 11.4 Å². The number of hydrogen-bond acceptors (Lipinski definition) is 7. The van der Waals surface area contributed by atoms with Gasteiger partial charge in [-0.3, -0.25) is 9.78 Å². The van der Waals surface area contributed by atoms with E-state index in [-0.39, 0.29) is 17.8 Å². The Morgan fingerprint density at radius 2 is 2.22 bits per heavy atom. The molecule has 0 aliphatic carbocycles. The highest BCUT2D eigenvalue weighted by Gasteiger charge is 2.18. The number of nitrogens with zero attached hydrogens (tertiary/aromatic N) is 3. The van der Waals surface area contributed by atoms with Gasteiger partial charge in [0, 0.05) is 19.0 Å². The standard InChI is InChI=1S/C16H17N3O3S/c20-15(22-12-4-3-9-21-10-12)11-23-16-18-8-6-14(19-16)13-5-1-2-7-17-13/h1-2,5-8,12H,3-4,9-11H2. The number of rotatable bonds is 5. The summed E-state index contributed by atoms with van der Waals surface area (Å²) in [6, 6.07) is 7.43. The molecule has 120 valence electrons. The van der Waals surface area contributed by atoms with Gasteiger partial charge in [0.1, 0.15) is 6.10 Å². The molecule has 0 amide bonds. The van der Waals surface area contributed by atoms with Crippen LogP contribution in [0.4, 0.5) is 0 Å². The molecule has 3 heterocycles. The number of ether oxygens (including phenoxy) is 2. The third-order valence-corrected chi connectivity index (χ3v) is 4.13. The Hall–Kier alpha value is -1.99. The maximum atomic E-state index is 11.9. The third-order valence-electron chi connectivity index (χ3n) is 3.30. The molecule has 2 aromatic rings. The number of carbonyl (C=O) groups is 1. The van der Waals surface area contributed by atoms with Crippen LogP contribution in [0.15, 0.2) is 41.8 Å². The molecule has 0 aromatic carbocycles. The number of pyridine rings is 1. The van der Waals surface area contributed by atoms with E-state index in [2.05, 4.69) is 15.0 Å². The molecule has 1 aliphatic rings. The van der Waals surface area contributed by atoms with Crippen LogP contribution in [0, 0.1) is 0 Å². The van der Waals surface area contributed by atoms with Gasteiger partial charge >= 0.3 is 5.97 Å². The molecule has 1 fully saturated rings. The lowest BCUT2D eigenvalue weighted by Crippen LogP contribution is -2.28. The zero-order chi connectivity index (χ0) is 15.9. The van der Waals surface area contributed by atoms with E-state index in [4.69, 9.17) is 9.47 Å². The van der Waals surface area contributed by atoms with Crippen LogP contribution in [0.3, 0.4) is 0 Å². The third kappa shape index (κ3) is 4.74. The van der Waals surface area contributed by atoms with Crippen molar-refractivity contribution >= 4 is 17.7 Å². The van der Waals surface area contributed by atoms with Crippen molar-refractivity contribution < 1.29 is 14.3 Å². The largest absolute Gasteiger partial charge is 0.459 e. The lowest BCUT2D eigenvalue weighted by molar-refractivity contribution is -0.151. The van der Waals surface area contributed by atoms with Gasteiger partial charge in [-0.05, 0) is 31.0 Å². The Bertz CT molecular complexity index is 648. The highest BCUT2D eigenvalue weighted by Crippen LogP contribution is 2.19. The van der Waals surface area contributed by atoms with Crippen molar-refractivity contribution in [2.24, 2.45) is 0 Å². The van der Waals surface area contributed by atoms with E-state index < -0.39 is 0 Å². The molecule has 23 heavy (non-hydrogen) atoms. The summed E-state index contributed by atoms with van der Waals surface area (Å²) >= 11 is 1.26. The van der Waals surface area contributed by atoms with Gasteiger partial charge in [-0.2, -0.15) is 0 Å². The van der Waals surface area contributed by atoms with Gasteiger partial charge < -0.3 is 9.47 Å². The van der Waals surface area contributed by atoms with E-state index >= 15 is 0 Å². The second-order valence-corrected chi connectivity index (χ2v) is 6.00. The fraction of sp³-hybridized carbons (Fsp3) is 0.375. The van der Waals surface area contributed by atoms with Gasteiger partial charge in [0.15, 0.2) is 5.16 Å². The number of carbonyl (C=O) groups excluding carboxylic acids is 1. The Morgan fingerprint density at radius 3 is 3.00 bits per heavy atom. The van der Waals surface area contributed by atoms with Gasteiger partial charge in [-0.15, -0.1) is 0 Å². The molecule has 1 unspecified atom stereocenters. The normalized spacial score (nSPS) is 17.7. The van der Waals surface area contributed by atoms with Crippen LogP contribution < -0.4 is 0 Å². The number of hydrogen-bond donors (Lipinski definition) is 0. The molecule has 0 radical (unpaired) electrons. The summed E-state index contributed by atoms with van der Waals surface area (Å²) < 4.78 is 10.7.